The molecule has 8 nitrogen and oxygen atoms in total. The Hall–Kier alpha value is -2.90. The number of carbonyl (C=O) groups excluding carboxylic acids is 3. The highest BCUT2D eigenvalue weighted by Gasteiger charge is 2.44. The van der Waals surface area contributed by atoms with Crippen LogP contribution in [0.5, 0.6) is 0 Å². The van der Waals surface area contributed by atoms with Gasteiger partial charge < -0.3 is 15.3 Å². The SMILES string of the molecule is C[C@@]1(C(=O)O)CCN(C(=O)c2ccc([C@]3(C)NC(=O)NC3=O)cc2)C1. The van der Waals surface area contributed by atoms with Crippen molar-refractivity contribution in [2.75, 3.05) is 13.1 Å². The van der Waals surface area contributed by atoms with E-state index < -0.39 is 28.9 Å². The number of urea groups is 1. The van der Waals surface area contributed by atoms with E-state index in [1.54, 1.807) is 38.1 Å². The summed E-state index contributed by atoms with van der Waals surface area (Å²) in [5.74, 6) is -1.61. The number of carbonyl (C=O) groups is 4. The Morgan fingerprint density at radius 1 is 1.16 bits per heavy atom. The topological polar surface area (TPSA) is 116 Å². The summed E-state index contributed by atoms with van der Waals surface area (Å²) >= 11 is 0. The maximum absolute atomic E-state index is 12.6. The number of aliphatic carboxylic acids is 1. The predicted octanol–water partition coefficient (Wildman–Crippen LogP) is 0.678. The normalized spacial score (nSPS) is 28.6. The van der Waals surface area contributed by atoms with Crippen molar-refractivity contribution in [1.29, 1.82) is 0 Å². The highest BCUT2D eigenvalue weighted by atomic mass is 16.4. The molecule has 2 aliphatic rings. The Morgan fingerprint density at radius 2 is 1.80 bits per heavy atom. The minimum atomic E-state index is -1.17. The summed E-state index contributed by atoms with van der Waals surface area (Å²) in [6.45, 7) is 3.77. The number of nitrogens with one attached hydrogen (secondary N) is 2. The number of nitrogens with zero attached hydrogens (tertiary/aromatic N) is 1. The van der Waals surface area contributed by atoms with Gasteiger partial charge >= 0.3 is 12.0 Å². The van der Waals surface area contributed by atoms with Crippen molar-refractivity contribution in [3.05, 3.63) is 35.4 Å². The minimum Gasteiger partial charge on any atom is -0.481 e. The average molecular weight is 345 g/mol. The van der Waals surface area contributed by atoms with E-state index in [1.165, 1.54) is 4.90 Å². The van der Waals surface area contributed by atoms with Gasteiger partial charge in [-0.2, -0.15) is 0 Å². The number of imide groups is 1. The predicted molar refractivity (Wildman–Crippen MR) is 86.7 cm³/mol. The van der Waals surface area contributed by atoms with Crippen LogP contribution in [0, 0.1) is 5.41 Å². The lowest BCUT2D eigenvalue weighted by Crippen LogP contribution is -2.40. The molecule has 1 aromatic carbocycles. The van der Waals surface area contributed by atoms with Gasteiger partial charge in [-0.25, -0.2) is 4.79 Å². The van der Waals surface area contributed by atoms with Crippen LogP contribution in [0.1, 0.15) is 36.2 Å². The Kier molecular flexibility index (Phi) is 3.78. The van der Waals surface area contributed by atoms with Gasteiger partial charge in [0.25, 0.3) is 11.8 Å². The lowest BCUT2D eigenvalue weighted by molar-refractivity contribution is -0.147. The van der Waals surface area contributed by atoms with Gasteiger partial charge in [0.15, 0.2) is 0 Å². The molecule has 2 atom stereocenters. The van der Waals surface area contributed by atoms with Gasteiger partial charge in [-0.05, 0) is 38.0 Å². The first-order valence-electron chi connectivity index (χ1n) is 7.92. The lowest BCUT2D eigenvalue weighted by Gasteiger charge is -2.22. The second kappa shape index (κ2) is 5.58. The van der Waals surface area contributed by atoms with Crippen molar-refractivity contribution in [3.63, 3.8) is 0 Å². The highest BCUT2D eigenvalue weighted by molar-refractivity contribution is 6.07. The van der Waals surface area contributed by atoms with Crippen molar-refractivity contribution in [2.45, 2.75) is 25.8 Å². The van der Waals surface area contributed by atoms with Gasteiger partial charge in [-0.1, -0.05) is 12.1 Å². The van der Waals surface area contributed by atoms with E-state index in [2.05, 4.69) is 10.6 Å². The molecule has 4 amide bonds. The number of carboxylic acid groups (broad SMARTS) is 1. The van der Waals surface area contributed by atoms with Gasteiger partial charge in [0.05, 0.1) is 5.41 Å². The second-order valence-corrected chi connectivity index (χ2v) is 6.95. The first-order chi connectivity index (χ1) is 11.7. The zero-order valence-corrected chi connectivity index (χ0v) is 14.0. The van der Waals surface area contributed by atoms with Gasteiger partial charge in [0, 0.05) is 18.7 Å². The number of hydrogen-bond acceptors (Lipinski definition) is 4. The molecule has 1 aromatic rings. The van der Waals surface area contributed by atoms with Gasteiger partial charge in [-0.3, -0.25) is 19.7 Å². The summed E-state index contributed by atoms with van der Waals surface area (Å²) in [6, 6.07) is 5.84. The zero-order valence-electron chi connectivity index (χ0n) is 14.0. The summed E-state index contributed by atoms with van der Waals surface area (Å²) in [7, 11) is 0. The van der Waals surface area contributed by atoms with Crippen LogP contribution in [0.3, 0.4) is 0 Å². The molecule has 8 heteroatoms. The third-order valence-electron chi connectivity index (χ3n) is 5.03. The molecule has 2 heterocycles. The van der Waals surface area contributed by atoms with E-state index in [1.807, 2.05) is 0 Å². The Balaban J connectivity index is 1.77. The zero-order chi connectivity index (χ0) is 18.4. The van der Waals surface area contributed by atoms with Crippen LogP contribution < -0.4 is 10.6 Å². The standard InChI is InChI=1S/C17H19N3O5/c1-16(14(23)24)7-8-20(9-16)12(21)10-3-5-11(6-4-10)17(2)13(22)18-15(25)19-17/h3-6H,7-9H2,1-2H3,(H,23,24)(H2,18,19,22,25)/t16-,17+/m1/s1. The highest BCUT2D eigenvalue weighted by Crippen LogP contribution is 2.31. The molecule has 0 aliphatic carbocycles. The molecule has 3 N–H and O–H groups in total. The van der Waals surface area contributed by atoms with Crippen LogP contribution in [-0.2, 0) is 15.1 Å². The molecule has 2 saturated heterocycles. The smallest absolute Gasteiger partial charge is 0.322 e. The first kappa shape index (κ1) is 16.9. The summed E-state index contributed by atoms with van der Waals surface area (Å²) in [4.78, 5) is 48.7. The maximum atomic E-state index is 12.6. The fourth-order valence-electron chi connectivity index (χ4n) is 3.18. The molecule has 0 spiro atoms. The Morgan fingerprint density at radius 3 is 2.28 bits per heavy atom. The number of rotatable bonds is 3. The van der Waals surface area contributed by atoms with Crippen molar-refractivity contribution in [1.82, 2.24) is 15.5 Å². The number of benzene rings is 1. The molecule has 132 valence electrons. The minimum absolute atomic E-state index is 0.166. The molecule has 0 unspecified atom stereocenters. The van der Waals surface area contributed by atoms with Crippen LogP contribution in [0.4, 0.5) is 4.79 Å². The van der Waals surface area contributed by atoms with E-state index in [-0.39, 0.29) is 12.5 Å². The van der Waals surface area contributed by atoms with Crippen LogP contribution in [-0.4, -0.2) is 46.9 Å². The second-order valence-electron chi connectivity index (χ2n) is 6.95. The van der Waals surface area contributed by atoms with E-state index >= 15 is 0 Å². The molecule has 0 radical (unpaired) electrons. The van der Waals surface area contributed by atoms with Crippen molar-refractivity contribution < 1.29 is 24.3 Å². The van der Waals surface area contributed by atoms with Crippen LogP contribution in [0.25, 0.3) is 0 Å². The van der Waals surface area contributed by atoms with Gasteiger partial charge in [-0.15, -0.1) is 0 Å². The maximum Gasteiger partial charge on any atom is 0.322 e. The first-order valence-corrected chi connectivity index (χ1v) is 7.92. The van der Waals surface area contributed by atoms with E-state index in [9.17, 15) is 24.3 Å². The number of amides is 4. The molecule has 0 bridgehead atoms. The van der Waals surface area contributed by atoms with Gasteiger partial charge in [0.2, 0.25) is 0 Å². The molecule has 25 heavy (non-hydrogen) atoms. The molecule has 3 rings (SSSR count). The number of carboxylic acids is 1. The fourth-order valence-corrected chi connectivity index (χ4v) is 3.18. The number of likely N-dealkylation sites (tertiary alicyclic amines) is 1. The molecule has 0 aromatic heterocycles. The van der Waals surface area contributed by atoms with Crippen molar-refractivity contribution >= 4 is 23.8 Å². The molecular formula is C17H19N3O5. The summed E-state index contributed by atoms with van der Waals surface area (Å²) in [6.07, 6.45) is 0.413. The fraction of sp³-hybridized carbons (Fsp3) is 0.412. The Labute approximate surface area is 144 Å². The van der Waals surface area contributed by atoms with Crippen LogP contribution in [0.15, 0.2) is 24.3 Å². The molecule has 2 fully saturated rings. The van der Waals surface area contributed by atoms with E-state index in [0.717, 1.165) is 0 Å². The summed E-state index contributed by atoms with van der Waals surface area (Å²) in [5, 5.41) is 14.0. The van der Waals surface area contributed by atoms with E-state index in [4.69, 9.17) is 0 Å². The van der Waals surface area contributed by atoms with Gasteiger partial charge in [0.1, 0.15) is 5.54 Å². The third kappa shape index (κ3) is 2.73. The molecule has 2 aliphatic heterocycles. The van der Waals surface area contributed by atoms with Crippen molar-refractivity contribution in [2.24, 2.45) is 5.41 Å². The van der Waals surface area contributed by atoms with Crippen LogP contribution in [0.2, 0.25) is 0 Å². The Bertz CT molecular complexity index is 775. The summed E-state index contributed by atoms with van der Waals surface area (Å²) in [5.41, 5.74) is -1.13. The molecular weight excluding hydrogens is 326 g/mol. The number of hydrogen-bond donors (Lipinski definition) is 3. The largest absolute Gasteiger partial charge is 0.481 e. The molecule has 0 saturated carbocycles. The lowest BCUT2D eigenvalue weighted by atomic mass is 9.90. The van der Waals surface area contributed by atoms with Crippen LogP contribution >= 0.6 is 0 Å². The third-order valence-corrected chi connectivity index (χ3v) is 5.03. The summed E-state index contributed by atoms with van der Waals surface area (Å²) < 4.78 is 0. The van der Waals surface area contributed by atoms with E-state index in [0.29, 0.717) is 24.1 Å². The average Bonchev–Trinajstić information content (AvgIpc) is 3.09. The monoisotopic (exact) mass is 345 g/mol. The van der Waals surface area contributed by atoms with Crippen molar-refractivity contribution in [3.8, 4) is 0 Å². The quantitative estimate of drug-likeness (QED) is 0.697.